The Bertz CT molecular complexity index is 1310. The lowest BCUT2D eigenvalue weighted by Gasteiger charge is -2.08. The molecule has 0 aliphatic heterocycles. The van der Waals surface area contributed by atoms with Crippen LogP contribution in [0.25, 0.3) is 10.6 Å². The Kier molecular flexibility index (Phi) is 7.23. The molecule has 2 aromatic heterocycles. The second-order valence-corrected chi connectivity index (χ2v) is 7.88. The predicted octanol–water partition coefficient (Wildman–Crippen LogP) is 3.81. The van der Waals surface area contributed by atoms with Crippen LogP contribution >= 0.6 is 11.3 Å². The molecule has 9 nitrogen and oxygen atoms in total. The number of esters is 1. The van der Waals surface area contributed by atoms with Gasteiger partial charge in [-0.15, -0.1) is 11.3 Å². The van der Waals surface area contributed by atoms with Crippen LogP contribution in [0.4, 0.5) is 10.1 Å². The summed E-state index contributed by atoms with van der Waals surface area (Å²) in [5.41, 5.74) is 1.67. The standard InChI is InChI=1S/C23H19FN4O5S/c1-31-18-8-3-2-7-17(18)26-20(29)11-19-27-21(33-28-19)12-32-22(30)10-16-13-34-23(25-16)14-5-4-6-15(24)9-14/h2-9,13H,10-12H2,1H3,(H,26,29). The number of nitrogens with zero attached hydrogens (tertiary/aromatic N) is 3. The zero-order chi connectivity index (χ0) is 23.9. The number of rotatable bonds is 9. The molecule has 34 heavy (non-hydrogen) atoms. The monoisotopic (exact) mass is 482 g/mol. The summed E-state index contributed by atoms with van der Waals surface area (Å²) in [4.78, 5) is 32.8. The van der Waals surface area contributed by atoms with Crippen LogP contribution in [0, 0.1) is 5.82 Å². The number of nitrogens with one attached hydrogen (secondary N) is 1. The van der Waals surface area contributed by atoms with Crippen molar-refractivity contribution < 1.29 is 28.0 Å². The second-order valence-electron chi connectivity index (χ2n) is 7.02. The lowest BCUT2D eigenvalue weighted by molar-refractivity contribution is -0.145. The molecule has 0 aliphatic rings. The number of anilines is 1. The third-order valence-electron chi connectivity index (χ3n) is 4.52. The van der Waals surface area contributed by atoms with Gasteiger partial charge in [-0.3, -0.25) is 9.59 Å². The Balaban J connectivity index is 1.26. The average molecular weight is 482 g/mol. The van der Waals surface area contributed by atoms with Crippen LogP contribution in [0.1, 0.15) is 17.4 Å². The van der Waals surface area contributed by atoms with Crippen LogP contribution < -0.4 is 10.1 Å². The van der Waals surface area contributed by atoms with E-state index in [2.05, 4.69) is 20.4 Å². The van der Waals surface area contributed by atoms with Crippen molar-refractivity contribution >= 4 is 28.9 Å². The summed E-state index contributed by atoms with van der Waals surface area (Å²) in [5.74, 6) is -0.509. The van der Waals surface area contributed by atoms with Crippen LogP contribution in [0.15, 0.2) is 58.4 Å². The predicted molar refractivity (Wildman–Crippen MR) is 121 cm³/mol. The molecule has 0 unspecified atom stereocenters. The largest absolute Gasteiger partial charge is 0.495 e. The summed E-state index contributed by atoms with van der Waals surface area (Å²) >= 11 is 1.31. The number of methoxy groups -OCH3 is 1. The Morgan fingerprint density at radius 2 is 1.97 bits per heavy atom. The number of ether oxygens (including phenoxy) is 2. The minimum atomic E-state index is -0.537. The molecule has 1 amide bonds. The van der Waals surface area contributed by atoms with Gasteiger partial charge in [-0.05, 0) is 24.3 Å². The highest BCUT2D eigenvalue weighted by Gasteiger charge is 2.15. The van der Waals surface area contributed by atoms with Crippen LogP contribution in [0.2, 0.25) is 0 Å². The summed E-state index contributed by atoms with van der Waals surface area (Å²) in [7, 11) is 1.51. The fourth-order valence-corrected chi connectivity index (χ4v) is 3.81. The highest BCUT2D eigenvalue weighted by Crippen LogP contribution is 2.25. The fourth-order valence-electron chi connectivity index (χ4n) is 2.99. The zero-order valence-electron chi connectivity index (χ0n) is 18.0. The van der Waals surface area contributed by atoms with Crippen molar-refractivity contribution in [3.05, 3.63) is 77.1 Å². The zero-order valence-corrected chi connectivity index (χ0v) is 18.8. The van der Waals surface area contributed by atoms with Gasteiger partial charge in [-0.2, -0.15) is 4.98 Å². The maximum absolute atomic E-state index is 13.4. The minimum Gasteiger partial charge on any atom is -0.495 e. The molecule has 0 fully saturated rings. The first-order valence-corrected chi connectivity index (χ1v) is 11.0. The van der Waals surface area contributed by atoms with E-state index < -0.39 is 5.97 Å². The number of halogens is 1. The van der Waals surface area contributed by atoms with Gasteiger partial charge in [0.1, 0.15) is 16.6 Å². The molecule has 0 saturated carbocycles. The molecule has 4 rings (SSSR count). The molecular weight excluding hydrogens is 463 g/mol. The van der Waals surface area contributed by atoms with Gasteiger partial charge in [0.15, 0.2) is 12.4 Å². The Morgan fingerprint density at radius 3 is 2.79 bits per heavy atom. The lowest BCUT2D eigenvalue weighted by atomic mass is 10.2. The summed E-state index contributed by atoms with van der Waals surface area (Å²) < 4.78 is 28.8. The van der Waals surface area contributed by atoms with E-state index in [1.165, 1.54) is 30.6 Å². The molecule has 0 bridgehead atoms. The first kappa shape index (κ1) is 23.1. The van der Waals surface area contributed by atoms with Crippen LogP contribution in [-0.4, -0.2) is 34.1 Å². The molecule has 0 atom stereocenters. The average Bonchev–Trinajstić information content (AvgIpc) is 3.47. The number of hydrogen-bond acceptors (Lipinski definition) is 9. The Labute approximate surface area is 197 Å². The lowest BCUT2D eigenvalue weighted by Crippen LogP contribution is -2.15. The van der Waals surface area contributed by atoms with Gasteiger partial charge in [-0.25, -0.2) is 9.37 Å². The molecule has 4 aromatic rings. The summed E-state index contributed by atoms with van der Waals surface area (Å²) in [6.07, 6.45) is -0.189. The van der Waals surface area contributed by atoms with E-state index in [9.17, 15) is 14.0 Å². The Morgan fingerprint density at radius 1 is 1.12 bits per heavy atom. The minimum absolute atomic E-state index is 0.0614. The van der Waals surface area contributed by atoms with Gasteiger partial charge in [0.25, 0.3) is 5.89 Å². The number of carbonyl (C=O) groups excluding carboxylic acids is 2. The topological polar surface area (TPSA) is 116 Å². The van der Waals surface area contributed by atoms with E-state index in [-0.39, 0.29) is 42.9 Å². The van der Waals surface area contributed by atoms with Gasteiger partial charge < -0.3 is 19.3 Å². The third-order valence-corrected chi connectivity index (χ3v) is 5.46. The van der Waals surface area contributed by atoms with Gasteiger partial charge in [0.05, 0.1) is 31.3 Å². The fraction of sp³-hybridized carbons (Fsp3) is 0.174. The van der Waals surface area contributed by atoms with Crippen LogP contribution in [-0.2, 0) is 33.8 Å². The van der Waals surface area contributed by atoms with Crippen molar-refractivity contribution in [2.24, 2.45) is 0 Å². The number of carbonyl (C=O) groups is 2. The van der Waals surface area contributed by atoms with Crippen molar-refractivity contribution in [3.63, 3.8) is 0 Å². The van der Waals surface area contributed by atoms with Crippen molar-refractivity contribution in [2.45, 2.75) is 19.4 Å². The number of benzene rings is 2. The second kappa shape index (κ2) is 10.7. The number of hydrogen-bond donors (Lipinski definition) is 1. The summed E-state index contributed by atoms with van der Waals surface area (Å²) in [6, 6.07) is 13.1. The third kappa shape index (κ3) is 6.01. The van der Waals surface area contributed by atoms with E-state index in [0.717, 1.165) is 0 Å². The van der Waals surface area contributed by atoms with Gasteiger partial charge in [0, 0.05) is 10.9 Å². The molecule has 0 spiro atoms. The smallest absolute Gasteiger partial charge is 0.312 e. The number of para-hydroxylation sites is 2. The summed E-state index contributed by atoms with van der Waals surface area (Å²) in [6.45, 7) is -0.235. The van der Waals surface area contributed by atoms with Gasteiger partial charge >= 0.3 is 5.97 Å². The molecule has 1 N–H and O–H groups in total. The van der Waals surface area contributed by atoms with Crippen molar-refractivity contribution in [1.82, 2.24) is 15.1 Å². The van der Waals surface area contributed by atoms with E-state index in [1.54, 1.807) is 41.8 Å². The van der Waals surface area contributed by atoms with Gasteiger partial charge in [0.2, 0.25) is 5.91 Å². The van der Waals surface area contributed by atoms with Crippen LogP contribution in [0.5, 0.6) is 5.75 Å². The molecule has 0 aliphatic carbocycles. The van der Waals surface area contributed by atoms with E-state index in [0.29, 0.717) is 27.7 Å². The quantitative estimate of drug-likeness (QED) is 0.358. The molecule has 0 saturated heterocycles. The maximum Gasteiger partial charge on any atom is 0.312 e. The van der Waals surface area contributed by atoms with Crippen molar-refractivity contribution in [3.8, 4) is 16.3 Å². The van der Waals surface area contributed by atoms with E-state index >= 15 is 0 Å². The molecule has 2 aromatic carbocycles. The van der Waals surface area contributed by atoms with E-state index in [1.807, 2.05) is 0 Å². The van der Waals surface area contributed by atoms with Gasteiger partial charge in [-0.1, -0.05) is 29.4 Å². The van der Waals surface area contributed by atoms with Crippen molar-refractivity contribution in [2.75, 3.05) is 12.4 Å². The highest BCUT2D eigenvalue weighted by atomic mass is 32.1. The molecule has 11 heteroatoms. The number of aromatic nitrogens is 3. The molecular formula is C23H19FN4O5S. The maximum atomic E-state index is 13.4. The summed E-state index contributed by atoms with van der Waals surface area (Å²) in [5, 5.41) is 8.77. The first-order chi connectivity index (χ1) is 16.5. The van der Waals surface area contributed by atoms with E-state index in [4.69, 9.17) is 14.0 Å². The highest BCUT2D eigenvalue weighted by molar-refractivity contribution is 7.13. The molecule has 0 radical (unpaired) electrons. The molecule has 174 valence electrons. The van der Waals surface area contributed by atoms with Crippen molar-refractivity contribution in [1.29, 1.82) is 0 Å². The Hall–Kier alpha value is -4.12. The number of thiazole rings is 1. The SMILES string of the molecule is COc1ccccc1NC(=O)Cc1noc(COC(=O)Cc2csc(-c3cccc(F)c3)n2)n1. The normalized spacial score (nSPS) is 10.6. The number of amides is 1. The van der Waals surface area contributed by atoms with Crippen LogP contribution in [0.3, 0.4) is 0 Å². The molecule has 2 heterocycles. The first-order valence-electron chi connectivity index (χ1n) is 10.1.